The van der Waals surface area contributed by atoms with Gasteiger partial charge in [-0.15, -0.1) is 0 Å². The molecular weight excluding hydrogens is 228 g/mol. The van der Waals surface area contributed by atoms with E-state index in [0.29, 0.717) is 12.1 Å². The summed E-state index contributed by atoms with van der Waals surface area (Å²) in [4.78, 5) is 12.4. The number of ether oxygens (including phenoxy) is 1. The molecule has 1 aliphatic carbocycles. The van der Waals surface area contributed by atoms with Crippen molar-refractivity contribution in [3.63, 3.8) is 0 Å². The van der Waals surface area contributed by atoms with Crippen LogP contribution in [0.25, 0.3) is 0 Å². The van der Waals surface area contributed by atoms with Crippen LogP contribution in [0.15, 0.2) is 0 Å². The first-order valence-corrected chi connectivity index (χ1v) is 7.38. The second-order valence-corrected chi connectivity index (χ2v) is 5.58. The van der Waals surface area contributed by atoms with Gasteiger partial charge >= 0.3 is 0 Å². The van der Waals surface area contributed by atoms with Crippen LogP contribution in [0.1, 0.15) is 52.4 Å². The molecule has 104 valence electrons. The molecule has 1 amide bonds. The lowest BCUT2D eigenvalue weighted by Crippen LogP contribution is -2.58. The third-order valence-corrected chi connectivity index (χ3v) is 4.19. The molecule has 4 nitrogen and oxygen atoms in total. The molecule has 18 heavy (non-hydrogen) atoms. The third-order valence-electron chi connectivity index (χ3n) is 4.19. The van der Waals surface area contributed by atoms with Gasteiger partial charge in [0.05, 0.1) is 11.6 Å². The van der Waals surface area contributed by atoms with E-state index in [9.17, 15) is 4.79 Å². The van der Waals surface area contributed by atoms with Crippen molar-refractivity contribution in [1.82, 2.24) is 10.6 Å². The van der Waals surface area contributed by atoms with Crippen LogP contribution in [-0.2, 0) is 9.53 Å². The van der Waals surface area contributed by atoms with Gasteiger partial charge < -0.3 is 15.4 Å². The van der Waals surface area contributed by atoms with Gasteiger partial charge in [-0.25, -0.2) is 0 Å². The van der Waals surface area contributed by atoms with E-state index in [2.05, 4.69) is 17.6 Å². The van der Waals surface area contributed by atoms with Gasteiger partial charge in [-0.2, -0.15) is 0 Å². The summed E-state index contributed by atoms with van der Waals surface area (Å²) in [5, 5.41) is 6.61. The minimum Gasteiger partial charge on any atom is -0.378 e. The first-order chi connectivity index (χ1) is 8.70. The first kappa shape index (κ1) is 13.8. The average molecular weight is 254 g/mol. The van der Waals surface area contributed by atoms with E-state index in [0.717, 1.165) is 51.7 Å². The smallest absolute Gasteiger partial charge is 0.240 e. The van der Waals surface area contributed by atoms with Crippen molar-refractivity contribution in [2.75, 3.05) is 13.2 Å². The van der Waals surface area contributed by atoms with E-state index < -0.39 is 0 Å². The van der Waals surface area contributed by atoms with E-state index in [-0.39, 0.29) is 11.4 Å². The molecule has 1 aliphatic heterocycles. The summed E-state index contributed by atoms with van der Waals surface area (Å²) >= 11 is 0. The summed E-state index contributed by atoms with van der Waals surface area (Å²) in [6, 6.07) is 0.324. The van der Waals surface area contributed by atoms with Crippen molar-refractivity contribution in [3.8, 4) is 0 Å². The molecule has 2 rings (SSSR count). The molecule has 2 N–H and O–H groups in total. The quantitative estimate of drug-likeness (QED) is 0.757. The van der Waals surface area contributed by atoms with Crippen molar-refractivity contribution in [2.24, 2.45) is 0 Å². The lowest BCUT2D eigenvalue weighted by Gasteiger charge is -2.38. The molecular formula is C14H26N2O2. The highest BCUT2D eigenvalue weighted by Crippen LogP contribution is 2.28. The van der Waals surface area contributed by atoms with Crippen LogP contribution in [0.3, 0.4) is 0 Å². The Morgan fingerprint density at radius 1 is 1.44 bits per heavy atom. The van der Waals surface area contributed by atoms with Crippen LogP contribution < -0.4 is 10.6 Å². The van der Waals surface area contributed by atoms with Crippen molar-refractivity contribution in [2.45, 2.75) is 70.1 Å². The second-order valence-electron chi connectivity index (χ2n) is 5.58. The van der Waals surface area contributed by atoms with Gasteiger partial charge in [-0.05, 0) is 45.6 Å². The zero-order valence-corrected chi connectivity index (χ0v) is 11.6. The van der Waals surface area contributed by atoms with E-state index in [1.54, 1.807) is 0 Å². The summed E-state index contributed by atoms with van der Waals surface area (Å²) < 4.78 is 5.52. The molecule has 0 spiro atoms. The minimum absolute atomic E-state index is 0.210. The molecule has 1 atom stereocenters. The van der Waals surface area contributed by atoms with Crippen LogP contribution in [0.5, 0.6) is 0 Å². The van der Waals surface area contributed by atoms with Gasteiger partial charge in [-0.3, -0.25) is 4.79 Å². The van der Waals surface area contributed by atoms with Crippen molar-refractivity contribution in [1.29, 1.82) is 0 Å². The average Bonchev–Trinajstić information content (AvgIpc) is 2.76. The molecule has 1 heterocycles. The molecule has 0 aromatic heterocycles. The van der Waals surface area contributed by atoms with Crippen LogP contribution in [0.2, 0.25) is 0 Å². The van der Waals surface area contributed by atoms with Crippen molar-refractivity contribution in [3.05, 3.63) is 0 Å². The van der Waals surface area contributed by atoms with Gasteiger partial charge in [0.2, 0.25) is 5.91 Å². The van der Waals surface area contributed by atoms with Crippen LogP contribution in [0, 0.1) is 0 Å². The standard InChI is InChI=1S/C14H26N2O2/c1-3-6-14(7-5-8-15-14)13(17)16-11-9-12(10-11)18-4-2/h11-12,15H,3-10H2,1-2H3,(H,16,17). The SMILES string of the molecule is CCCC1(C(=O)NC2CC(OCC)C2)CCCN1. The van der Waals surface area contributed by atoms with Gasteiger partial charge in [0.1, 0.15) is 0 Å². The summed E-state index contributed by atoms with van der Waals surface area (Å²) in [6.07, 6.45) is 6.39. The number of nitrogens with one attached hydrogen (secondary N) is 2. The largest absolute Gasteiger partial charge is 0.378 e. The molecule has 1 saturated carbocycles. The molecule has 4 heteroatoms. The highest BCUT2D eigenvalue weighted by atomic mass is 16.5. The van der Waals surface area contributed by atoms with Crippen molar-refractivity contribution < 1.29 is 9.53 Å². The fourth-order valence-corrected chi connectivity index (χ4v) is 3.13. The molecule has 2 aliphatic rings. The lowest BCUT2D eigenvalue weighted by molar-refractivity contribution is -0.130. The summed E-state index contributed by atoms with van der Waals surface area (Å²) in [5.74, 6) is 0.210. The lowest BCUT2D eigenvalue weighted by atomic mass is 9.86. The Balaban J connectivity index is 1.80. The fourth-order valence-electron chi connectivity index (χ4n) is 3.13. The topological polar surface area (TPSA) is 50.4 Å². The summed E-state index contributed by atoms with van der Waals surface area (Å²) in [6.45, 7) is 5.90. The molecule has 1 unspecified atom stereocenters. The van der Waals surface area contributed by atoms with Gasteiger partial charge in [0.25, 0.3) is 0 Å². The molecule has 1 saturated heterocycles. The molecule has 0 aromatic carbocycles. The Morgan fingerprint density at radius 2 is 2.22 bits per heavy atom. The number of hydrogen-bond donors (Lipinski definition) is 2. The number of hydrogen-bond acceptors (Lipinski definition) is 3. The summed E-state index contributed by atoms with van der Waals surface area (Å²) in [5.41, 5.74) is -0.286. The zero-order valence-electron chi connectivity index (χ0n) is 11.6. The number of carbonyl (C=O) groups is 1. The number of rotatable bonds is 6. The predicted molar refractivity (Wildman–Crippen MR) is 71.5 cm³/mol. The van der Waals surface area contributed by atoms with Gasteiger partial charge in [0.15, 0.2) is 0 Å². The van der Waals surface area contributed by atoms with E-state index in [1.807, 2.05) is 6.92 Å². The second kappa shape index (κ2) is 6.02. The fraction of sp³-hybridized carbons (Fsp3) is 0.929. The number of amides is 1. The van der Waals surface area contributed by atoms with Crippen LogP contribution in [0.4, 0.5) is 0 Å². The normalized spacial score (nSPS) is 35.2. The maximum atomic E-state index is 12.4. The van der Waals surface area contributed by atoms with Gasteiger partial charge in [0, 0.05) is 12.6 Å². The maximum Gasteiger partial charge on any atom is 0.240 e. The molecule has 2 fully saturated rings. The molecule has 0 radical (unpaired) electrons. The summed E-state index contributed by atoms with van der Waals surface area (Å²) in [7, 11) is 0. The van der Waals surface area contributed by atoms with E-state index >= 15 is 0 Å². The minimum atomic E-state index is -0.286. The van der Waals surface area contributed by atoms with Gasteiger partial charge in [-0.1, -0.05) is 13.3 Å². The van der Waals surface area contributed by atoms with Crippen molar-refractivity contribution >= 4 is 5.91 Å². The Labute approximate surface area is 110 Å². The Kier molecular flexibility index (Phi) is 4.62. The highest BCUT2D eigenvalue weighted by Gasteiger charge is 2.42. The number of carbonyl (C=O) groups excluding carboxylic acids is 1. The third kappa shape index (κ3) is 2.86. The van der Waals surface area contributed by atoms with E-state index in [1.165, 1.54) is 0 Å². The Hall–Kier alpha value is -0.610. The Morgan fingerprint density at radius 3 is 2.78 bits per heavy atom. The zero-order chi connectivity index (χ0) is 13.0. The monoisotopic (exact) mass is 254 g/mol. The molecule has 0 bridgehead atoms. The predicted octanol–water partition coefficient (Wildman–Crippen LogP) is 1.59. The van der Waals surface area contributed by atoms with E-state index in [4.69, 9.17) is 4.74 Å². The van der Waals surface area contributed by atoms with Crippen LogP contribution in [-0.4, -0.2) is 36.7 Å². The maximum absolute atomic E-state index is 12.4. The highest BCUT2D eigenvalue weighted by molar-refractivity contribution is 5.87. The molecule has 0 aromatic rings. The first-order valence-electron chi connectivity index (χ1n) is 7.38. The van der Waals surface area contributed by atoms with Crippen LogP contribution >= 0.6 is 0 Å². The Bertz CT molecular complexity index is 282.